The SMILES string of the molecule is CCCn1cc(/C=C2\C(=O)NC(=O)N(c3cc(OC)ccc3OC)C2=O)c2ccccc21. The van der Waals surface area contributed by atoms with Gasteiger partial charge in [-0.25, -0.2) is 9.69 Å². The molecule has 0 saturated carbocycles. The van der Waals surface area contributed by atoms with Crippen LogP contribution in [0.15, 0.2) is 54.2 Å². The van der Waals surface area contributed by atoms with Crippen LogP contribution in [0.5, 0.6) is 11.5 Å². The number of benzene rings is 2. The zero-order valence-corrected chi connectivity index (χ0v) is 18.0. The molecular formula is C24H23N3O5. The van der Waals surface area contributed by atoms with Gasteiger partial charge in [-0.15, -0.1) is 0 Å². The number of anilines is 1. The fourth-order valence-corrected chi connectivity index (χ4v) is 3.82. The van der Waals surface area contributed by atoms with Crippen molar-refractivity contribution in [3.8, 4) is 11.5 Å². The van der Waals surface area contributed by atoms with E-state index in [9.17, 15) is 14.4 Å². The molecule has 0 spiro atoms. The molecule has 32 heavy (non-hydrogen) atoms. The zero-order chi connectivity index (χ0) is 22.8. The number of fused-ring (bicyclic) bond motifs is 1. The minimum atomic E-state index is -0.850. The Bertz CT molecular complexity index is 1260. The van der Waals surface area contributed by atoms with Crippen LogP contribution in [-0.4, -0.2) is 36.6 Å². The number of hydrogen-bond acceptors (Lipinski definition) is 5. The van der Waals surface area contributed by atoms with Crippen LogP contribution >= 0.6 is 0 Å². The molecule has 164 valence electrons. The number of ether oxygens (including phenoxy) is 2. The van der Waals surface area contributed by atoms with Gasteiger partial charge in [0.05, 0.1) is 19.9 Å². The van der Waals surface area contributed by atoms with Gasteiger partial charge in [0.1, 0.15) is 17.1 Å². The number of aryl methyl sites for hydroxylation is 1. The number of carbonyl (C=O) groups is 3. The molecule has 3 aromatic rings. The van der Waals surface area contributed by atoms with E-state index < -0.39 is 17.8 Å². The summed E-state index contributed by atoms with van der Waals surface area (Å²) in [6, 6.07) is 11.7. The predicted octanol–water partition coefficient (Wildman–Crippen LogP) is 3.73. The summed E-state index contributed by atoms with van der Waals surface area (Å²) in [7, 11) is 2.91. The lowest BCUT2D eigenvalue weighted by atomic mass is 10.1. The third-order valence-electron chi connectivity index (χ3n) is 5.31. The molecule has 8 nitrogen and oxygen atoms in total. The van der Waals surface area contributed by atoms with Gasteiger partial charge in [-0.05, 0) is 30.7 Å². The molecule has 0 unspecified atom stereocenters. The fourth-order valence-electron chi connectivity index (χ4n) is 3.82. The second-order valence-corrected chi connectivity index (χ2v) is 7.29. The number of nitrogens with zero attached hydrogens (tertiary/aromatic N) is 2. The Kier molecular flexibility index (Phi) is 5.68. The smallest absolute Gasteiger partial charge is 0.336 e. The highest BCUT2D eigenvalue weighted by Gasteiger charge is 2.38. The summed E-state index contributed by atoms with van der Waals surface area (Å²) < 4.78 is 12.6. The van der Waals surface area contributed by atoms with Crippen LogP contribution in [0, 0.1) is 0 Å². The topological polar surface area (TPSA) is 89.9 Å². The van der Waals surface area contributed by atoms with Crippen LogP contribution in [0.3, 0.4) is 0 Å². The number of para-hydroxylation sites is 1. The fraction of sp³-hybridized carbons (Fsp3) is 0.208. The summed E-state index contributed by atoms with van der Waals surface area (Å²) in [6.07, 6.45) is 4.37. The third-order valence-corrected chi connectivity index (χ3v) is 5.31. The number of nitrogens with one attached hydrogen (secondary N) is 1. The predicted molar refractivity (Wildman–Crippen MR) is 121 cm³/mol. The Hall–Kier alpha value is -4.07. The Balaban J connectivity index is 1.82. The number of rotatable bonds is 6. The second-order valence-electron chi connectivity index (χ2n) is 7.29. The van der Waals surface area contributed by atoms with Gasteiger partial charge in [0.25, 0.3) is 11.8 Å². The van der Waals surface area contributed by atoms with Crippen molar-refractivity contribution in [2.75, 3.05) is 19.1 Å². The molecular weight excluding hydrogens is 410 g/mol. The zero-order valence-electron chi connectivity index (χ0n) is 18.0. The first-order valence-corrected chi connectivity index (χ1v) is 10.2. The molecule has 1 aromatic heterocycles. The number of methoxy groups -OCH3 is 2. The van der Waals surface area contributed by atoms with E-state index in [2.05, 4.69) is 16.8 Å². The quantitative estimate of drug-likeness (QED) is 0.473. The van der Waals surface area contributed by atoms with Crippen LogP contribution in [0.25, 0.3) is 17.0 Å². The lowest BCUT2D eigenvalue weighted by Gasteiger charge is -2.27. The van der Waals surface area contributed by atoms with Gasteiger partial charge in [0.2, 0.25) is 0 Å². The molecule has 1 N–H and O–H groups in total. The standard InChI is InChI=1S/C24H23N3O5/c1-4-11-26-14-15(17-7-5-6-8-19(17)26)12-18-22(28)25-24(30)27(23(18)29)20-13-16(31-2)9-10-21(20)32-3/h5-10,12-14H,4,11H2,1-3H3,(H,25,28,30)/b18-12+. The minimum Gasteiger partial charge on any atom is -0.497 e. The van der Waals surface area contributed by atoms with E-state index in [1.807, 2.05) is 30.5 Å². The van der Waals surface area contributed by atoms with Crippen LogP contribution in [0.1, 0.15) is 18.9 Å². The summed E-state index contributed by atoms with van der Waals surface area (Å²) in [4.78, 5) is 39.5. The molecule has 0 bridgehead atoms. The molecule has 0 radical (unpaired) electrons. The molecule has 0 atom stereocenters. The van der Waals surface area contributed by atoms with Gasteiger partial charge in [-0.2, -0.15) is 0 Å². The summed E-state index contributed by atoms with van der Waals surface area (Å²) >= 11 is 0. The first-order chi connectivity index (χ1) is 15.5. The van der Waals surface area contributed by atoms with Crippen LogP contribution in [0.2, 0.25) is 0 Å². The average molecular weight is 433 g/mol. The minimum absolute atomic E-state index is 0.145. The number of barbiturate groups is 1. The molecule has 1 aliphatic heterocycles. The lowest BCUT2D eigenvalue weighted by molar-refractivity contribution is -0.122. The van der Waals surface area contributed by atoms with E-state index in [4.69, 9.17) is 9.47 Å². The highest BCUT2D eigenvalue weighted by atomic mass is 16.5. The summed E-state index contributed by atoms with van der Waals surface area (Å²) in [5.74, 6) is -0.753. The van der Waals surface area contributed by atoms with Crippen molar-refractivity contribution in [3.05, 3.63) is 59.8 Å². The van der Waals surface area contributed by atoms with Crippen molar-refractivity contribution >= 4 is 40.5 Å². The molecule has 2 aromatic carbocycles. The maximum atomic E-state index is 13.4. The van der Waals surface area contributed by atoms with Crippen molar-refractivity contribution in [3.63, 3.8) is 0 Å². The lowest BCUT2D eigenvalue weighted by Crippen LogP contribution is -2.54. The van der Waals surface area contributed by atoms with Crippen molar-refractivity contribution in [1.29, 1.82) is 0 Å². The number of aromatic nitrogens is 1. The van der Waals surface area contributed by atoms with Gasteiger partial charge in [0.15, 0.2) is 0 Å². The van der Waals surface area contributed by atoms with Crippen molar-refractivity contribution in [1.82, 2.24) is 9.88 Å². The number of amides is 4. The van der Waals surface area contributed by atoms with Crippen LogP contribution in [0.4, 0.5) is 10.5 Å². The Morgan fingerprint density at radius 1 is 1.03 bits per heavy atom. The average Bonchev–Trinajstić information content (AvgIpc) is 3.14. The number of hydrogen-bond donors (Lipinski definition) is 1. The van der Waals surface area contributed by atoms with E-state index in [0.29, 0.717) is 11.5 Å². The van der Waals surface area contributed by atoms with E-state index in [0.717, 1.165) is 34.3 Å². The maximum absolute atomic E-state index is 13.4. The molecule has 0 aliphatic carbocycles. The second kappa shape index (κ2) is 8.58. The molecule has 8 heteroatoms. The molecule has 2 heterocycles. The first kappa shape index (κ1) is 21.2. The molecule has 1 fully saturated rings. The van der Waals surface area contributed by atoms with Gasteiger partial charge in [-0.1, -0.05) is 25.1 Å². The van der Waals surface area contributed by atoms with Gasteiger partial charge < -0.3 is 14.0 Å². The van der Waals surface area contributed by atoms with E-state index in [1.54, 1.807) is 12.1 Å². The number of urea groups is 1. The van der Waals surface area contributed by atoms with Crippen LogP contribution in [-0.2, 0) is 16.1 Å². The number of carbonyl (C=O) groups excluding carboxylic acids is 3. The highest BCUT2D eigenvalue weighted by molar-refractivity contribution is 6.39. The monoisotopic (exact) mass is 433 g/mol. The highest BCUT2D eigenvalue weighted by Crippen LogP contribution is 2.35. The molecule has 4 amide bonds. The van der Waals surface area contributed by atoms with Gasteiger partial charge >= 0.3 is 6.03 Å². The summed E-state index contributed by atoms with van der Waals surface area (Å²) in [5, 5.41) is 3.17. The van der Waals surface area contributed by atoms with Crippen LogP contribution < -0.4 is 19.7 Å². The van der Waals surface area contributed by atoms with E-state index >= 15 is 0 Å². The third kappa shape index (κ3) is 3.60. The van der Waals surface area contributed by atoms with Crippen molar-refractivity contribution in [2.45, 2.75) is 19.9 Å². The van der Waals surface area contributed by atoms with Crippen molar-refractivity contribution in [2.24, 2.45) is 0 Å². The van der Waals surface area contributed by atoms with Gasteiger partial charge in [-0.3, -0.25) is 14.9 Å². The molecule has 1 aliphatic rings. The number of imide groups is 2. The Morgan fingerprint density at radius 3 is 2.53 bits per heavy atom. The Labute approximate surface area is 185 Å². The largest absolute Gasteiger partial charge is 0.497 e. The van der Waals surface area contributed by atoms with E-state index in [1.165, 1.54) is 26.4 Å². The summed E-state index contributed by atoms with van der Waals surface area (Å²) in [5.41, 5.74) is 1.77. The molecule has 1 saturated heterocycles. The normalized spacial score (nSPS) is 15.4. The Morgan fingerprint density at radius 2 is 1.81 bits per heavy atom. The van der Waals surface area contributed by atoms with Gasteiger partial charge in [0, 0.05) is 35.3 Å². The molecule has 4 rings (SSSR count). The van der Waals surface area contributed by atoms with Crippen molar-refractivity contribution < 1.29 is 23.9 Å². The maximum Gasteiger partial charge on any atom is 0.336 e. The first-order valence-electron chi connectivity index (χ1n) is 10.2. The van der Waals surface area contributed by atoms with E-state index in [-0.39, 0.29) is 11.3 Å². The summed E-state index contributed by atoms with van der Waals surface area (Å²) in [6.45, 7) is 2.88.